The molecule has 0 unspecified atom stereocenters. The summed E-state index contributed by atoms with van der Waals surface area (Å²) in [5, 5.41) is 25.8. The van der Waals surface area contributed by atoms with Crippen molar-refractivity contribution >= 4 is 23.0 Å². The lowest BCUT2D eigenvalue weighted by molar-refractivity contribution is 0.443. The molecule has 4 nitrogen and oxygen atoms in total. The van der Waals surface area contributed by atoms with Crippen LogP contribution in [0.4, 0.5) is 24.5 Å². The molecular formula is C21H13ClF3N3O. The van der Waals surface area contributed by atoms with Gasteiger partial charge in [-0.15, -0.1) is 0 Å². The molecule has 0 saturated carbocycles. The van der Waals surface area contributed by atoms with Crippen LogP contribution in [0.25, 0.3) is 0 Å². The van der Waals surface area contributed by atoms with E-state index in [0.29, 0.717) is 10.6 Å². The van der Waals surface area contributed by atoms with Gasteiger partial charge in [-0.05, 0) is 35.9 Å². The topological polar surface area (TPSA) is 68.1 Å². The molecule has 0 bridgehead atoms. The average molecular weight is 416 g/mol. The summed E-state index contributed by atoms with van der Waals surface area (Å²) in [6, 6.07) is 12.3. The lowest BCUT2D eigenvalue weighted by Gasteiger charge is -2.32. The molecule has 3 N–H and O–H groups in total. The zero-order valence-corrected chi connectivity index (χ0v) is 15.5. The third-order valence-corrected chi connectivity index (χ3v) is 5.05. The molecule has 0 saturated heterocycles. The summed E-state index contributed by atoms with van der Waals surface area (Å²) >= 11 is 5.93. The molecule has 0 aliphatic carbocycles. The molecular weight excluding hydrogens is 403 g/mol. The summed E-state index contributed by atoms with van der Waals surface area (Å²) in [5.74, 6) is -2.88. The lowest BCUT2D eigenvalue weighted by atomic mass is 9.91. The predicted molar refractivity (Wildman–Crippen MR) is 103 cm³/mol. The highest BCUT2D eigenvalue weighted by atomic mass is 35.5. The van der Waals surface area contributed by atoms with Gasteiger partial charge in [-0.2, -0.15) is 5.26 Å². The van der Waals surface area contributed by atoms with E-state index in [-0.39, 0.29) is 34.7 Å². The van der Waals surface area contributed by atoms with E-state index in [1.54, 1.807) is 6.07 Å². The first kappa shape index (κ1) is 19.0. The number of benzene rings is 3. The van der Waals surface area contributed by atoms with Crippen LogP contribution in [0.3, 0.4) is 0 Å². The van der Waals surface area contributed by atoms with Crippen LogP contribution in [0.5, 0.6) is 5.75 Å². The van der Waals surface area contributed by atoms with E-state index in [1.165, 1.54) is 24.3 Å². The van der Waals surface area contributed by atoms with Gasteiger partial charge in [0.05, 0.1) is 23.0 Å². The molecule has 4 rings (SSSR count). The molecule has 146 valence electrons. The molecule has 1 aliphatic heterocycles. The summed E-state index contributed by atoms with van der Waals surface area (Å²) < 4.78 is 42.1. The Balaban J connectivity index is 1.84. The summed E-state index contributed by atoms with van der Waals surface area (Å²) in [4.78, 5) is 0. The van der Waals surface area contributed by atoms with E-state index in [1.807, 2.05) is 6.07 Å². The van der Waals surface area contributed by atoms with Gasteiger partial charge in [0.25, 0.3) is 0 Å². The molecule has 0 radical (unpaired) electrons. The zero-order valence-electron chi connectivity index (χ0n) is 14.7. The van der Waals surface area contributed by atoms with Crippen molar-refractivity contribution in [3.05, 3.63) is 87.7 Å². The molecule has 0 spiro atoms. The second-order valence-corrected chi connectivity index (χ2v) is 7.16. The van der Waals surface area contributed by atoms with E-state index < -0.39 is 23.1 Å². The quantitative estimate of drug-likeness (QED) is 0.545. The van der Waals surface area contributed by atoms with Crippen molar-refractivity contribution in [2.24, 2.45) is 0 Å². The third kappa shape index (κ3) is 3.32. The van der Waals surface area contributed by atoms with Gasteiger partial charge in [0.15, 0.2) is 11.6 Å². The smallest absolute Gasteiger partial charge is 0.161 e. The van der Waals surface area contributed by atoms with Crippen molar-refractivity contribution in [3.63, 3.8) is 0 Å². The van der Waals surface area contributed by atoms with E-state index >= 15 is 0 Å². The van der Waals surface area contributed by atoms with E-state index in [2.05, 4.69) is 10.6 Å². The Morgan fingerprint density at radius 3 is 2.14 bits per heavy atom. The molecule has 8 heteroatoms. The Morgan fingerprint density at radius 1 is 0.931 bits per heavy atom. The van der Waals surface area contributed by atoms with E-state index in [9.17, 15) is 18.3 Å². The maximum absolute atomic E-state index is 14.6. The van der Waals surface area contributed by atoms with Gasteiger partial charge in [-0.25, -0.2) is 13.2 Å². The maximum Gasteiger partial charge on any atom is 0.161 e. The predicted octanol–water partition coefficient (Wildman–Crippen LogP) is 5.27. The second-order valence-electron chi connectivity index (χ2n) is 6.72. The van der Waals surface area contributed by atoms with Crippen molar-refractivity contribution < 1.29 is 18.3 Å². The zero-order chi connectivity index (χ0) is 20.8. The largest absolute Gasteiger partial charge is 0.507 e. The Labute approximate surface area is 169 Å². The first-order valence-corrected chi connectivity index (χ1v) is 8.92. The normalized spacial score (nSPS) is 13.9. The fourth-order valence-corrected chi connectivity index (χ4v) is 3.64. The SMILES string of the molecule is N#Cc1ccc(CC2(c3ccc(Cl)cc3O)Nc3cc(F)c(F)cc3N2)c(F)c1. The number of phenols is 1. The van der Waals surface area contributed by atoms with Crippen LogP contribution < -0.4 is 10.6 Å². The average Bonchev–Trinajstić information content (AvgIpc) is 3.01. The van der Waals surface area contributed by atoms with Gasteiger partial charge >= 0.3 is 0 Å². The van der Waals surface area contributed by atoms with Crippen LogP contribution in [0.15, 0.2) is 48.5 Å². The van der Waals surface area contributed by atoms with Gasteiger partial charge in [0.2, 0.25) is 0 Å². The fourth-order valence-electron chi connectivity index (χ4n) is 3.47. The van der Waals surface area contributed by atoms with Crippen LogP contribution in [-0.4, -0.2) is 5.11 Å². The highest BCUT2D eigenvalue weighted by Crippen LogP contribution is 2.45. The number of nitrogens with zero attached hydrogens (tertiary/aromatic N) is 1. The highest BCUT2D eigenvalue weighted by Gasteiger charge is 2.41. The molecule has 29 heavy (non-hydrogen) atoms. The van der Waals surface area contributed by atoms with Crippen molar-refractivity contribution in [3.8, 4) is 11.8 Å². The number of hydrogen-bond acceptors (Lipinski definition) is 4. The summed E-state index contributed by atoms with van der Waals surface area (Å²) in [7, 11) is 0. The standard InChI is InChI=1S/C21H13ClF3N3O/c22-13-3-4-14(20(29)6-13)21(9-12-2-1-11(10-26)5-15(12)23)27-18-7-16(24)17(25)8-19(18)28-21/h1-8,27-29H,9H2. The van der Waals surface area contributed by atoms with Gasteiger partial charge in [-0.1, -0.05) is 17.7 Å². The third-order valence-electron chi connectivity index (χ3n) is 4.81. The lowest BCUT2D eigenvalue weighted by Crippen LogP contribution is -2.41. The molecule has 0 aromatic heterocycles. The summed E-state index contributed by atoms with van der Waals surface area (Å²) in [5.41, 5.74) is -0.101. The van der Waals surface area contributed by atoms with Crippen LogP contribution in [0.2, 0.25) is 5.02 Å². The highest BCUT2D eigenvalue weighted by molar-refractivity contribution is 6.30. The first-order chi connectivity index (χ1) is 13.8. The van der Waals surface area contributed by atoms with E-state index in [0.717, 1.165) is 18.2 Å². The molecule has 1 heterocycles. The maximum atomic E-state index is 14.6. The first-order valence-electron chi connectivity index (χ1n) is 8.54. The van der Waals surface area contributed by atoms with Crippen LogP contribution >= 0.6 is 11.6 Å². The second kappa shape index (κ2) is 6.90. The number of nitriles is 1. The summed E-state index contributed by atoms with van der Waals surface area (Å²) in [6.07, 6.45) is -0.0440. The number of anilines is 2. The van der Waals surface area contributed by atoms with E-state index in [4.69, 9.17) is 16.9 Å². The molecule has 0 amide bonds. The summed E-state index contributed by atoms with van der Waals surface area (Å²) in [6.45, 7) is 0. The van der Waals surface area contributed by atoms with Crippen LogP contribution in [0.1, 0.15) is 16.7 Å². The number of hydrogen-bond donors (Lipinski definition) is 3. The Morgan fingerprint density at radius 2 is 1.59 bits per heavy atom. The number of rotatable bonds is 3. The molecule has 3 aromatic rings. The Hall–Kier alpha value is -3.37. The number of phenolic OH excluding ortho intramolecular Hbond substituents is 1. The molecule has 0 fully saturated rings. The number of nitrogens with one attached hydrogen (secondary N) is 2. The Kier molecular flexibility index (Phi) is 4.52. The van der Waals surface area contributed by atoms with Gasteiger partial charge < -0.3 is 15.7 Å². The number of fused-ring (bicyclic) bond motifs is 1. The van der Waals surface area contributed by atoms with Crippen molar-refractivity contribution in [1.82, 2.24) is 0 Å². The van der Waals surface area contributed by atoms with Crippen molar-refractivity contribution in [1.29, 1.82) is 5.26 Å². The van der Waals surface area contributed by atoms with Crippen molar-refractivity contribution in [2.45, 2.75) is 12.1 Å². The minimum Gasteiger partial charge on any atom is -0.507 e. The minimum absolute atomic E-state index is 0.0440. The fraction of sp³-hybridized carbons (Fsp3) is 0.0952. The van der Waals surface area contributed by atoms with Gasteiger partial charge in [0.1, 0.15) is 17.2 Å². The van der Waals surface area contributed by atoms with Gasteiger partial charge in [-0.3, -0.25) is 0 Å². The van der Waals surface area contributed by atoms with Gasteiger partial charge in [0, 0.05) is 29.1 Å². The Bertz CT molecular complexity index is 1150. The molecule has 0 atom stereocenters. The van der Waals surface area contributed by atoms with Crippen LogP contribution in [-0.2, 0) is 12.1 Å². The molecule has 1 aliphatic rings. The molecule has 3 aromatic carbocycles. The monoisotopic (exact) mass is 415 g/mol. The van der Waals surface area contributed by atoms with Crippen molar-refractivity contribution in [2.75, 3.05) is 10.6 Å². The van der Waals surface area contributed by atoms with Crippen LogP contribution in [0, 0.1) is 28.8 Å². The minimum atomic E-state index is -1.31. The number of aromatic hydroxyl groups is 1. The number of halogens is 4.